The average molecular weight is 577 g/mol. The first-order valence-electron chi connectivity index (χ1n) is 13.9. The standard InChI is InChI=1S/C32H37FN4O5/c1-20(35-29(40)24-9-5-6-10-25(24)33)28(39)36-23-13-11-21(12-14-23)18-32(31(2,3)4)16-15-26(37(32)30(41)42)27(38)22-8-7-17-34-19-22/h5-14,17,19-20,26-27,38H,15-16,18H2,1-4H3,(H,35,40)(H,36,39)(H,41,42)/t20-,26+,27+,32-/m0/s1. The Morgan fingerprint density at radius 3 is 2.38 bits per heavy atom. The molecule has 1 fully saturated rings. The number of rotatable bonds is 8. The van der Waals surface area contributed by atoms with E-state index in [-0.39, 0.29) is 5.56 Å². The van der Waals surface area contributed by atoms with Crippen LogP contribution in [0.3, 0.4) is 0 Å². The van der Waals surface area contributed by atoms with E-state index in [0.717, 1.165) is 5.56 Å². The van der Waals surface area contributed by atoms with Crippen LogP contribution in [0.25, 0.3) is 0 Å². The number of aliphatic hydroxyl groups excluding tert-OH is 1. The monoisotopic (exact) mass is 576 g/mol. The molecule has 1 aliphatic heterocycles. The third kappa shape index (κ3) is 6.28. The predicted octanol–water partition coefficient (Wildman–Crippen LogP) is 5.18. The molecule has 4 rings (SSSR count). The second-order valence-corrected chi connectivity index (χ2v) is 11.8. The number of carboxylic acid groups (broad SMARTS) is 1. The highest BCUT2D eigenvalue weighted by Crippen LogP contribution is 2.50. The van der Waals surface area contributed by atoms with Crippen molar-refractivity contribution in [3.8, 4) is 0 Å². The van der Waals surface area contributed by atoms with Crippen LogP contribution in [0, 0.1) is 11.2 Å². The van der Waals surface area contributed by atoms with E-state index in [2.05, 4.69) is 15.6 Å². The number of likely N-dealkylation sites (tertiary alicyclic amines) is 1. The molecule has 0 saturated carbocycles. The fourth-order valence-corrected chi connectivity index (χ4v) is 5.81. The molecule has 10 heteroatoms. The van der Waals surface area contributed by atoms with E-state index >= 15 is 0 Å². The Kier molecular flexibility index (Phi) is 8.96. The SMILES string of the molecule is C[C@H](NC(=O)c1ccccc1F)C(=O)Nc1ccc(C[C@]2(C(C)(C)C)CC[C@H]([C@H](O)c3cccnc3)N2C(=O)O)cc1. The molecule has 3 amide bonds. The van der Waals surface area contributed by atoms with E-state index in [0.29, 0.717) is 30.5 Å². The van der Waals surface area contributed by atoms with Crippen molar-refractivity contribution in [2.45, 2.75) is 70.7 Å². The van der Waals surface area contributed by atoms with Crippen molar-refractivity contribution in [2.24, 2.45) is 5.41 Å². The fourth-order valence-electron chi connectivity index (χ4n) is 5.81. The van der Waals surface area contributed by atoms with Crippen molar-refractivity contribution < 1.29 is 29.0 Å². The summed E-state index contributed by atoms with van der Waals surface area (Å²) >= 11 is 0. The Balaban J connectivity index is 1.48. The van der Waals surface area contributed by atoms with Crippen LogP contribution in [-0.2, 0) is 11.2 Å². The number of pyridine rings is 1. The number of anilines is 1. The largest absolute Gasteiger partial charge is 0.465 e. The van der Waals surface area contributed by atoms with Gasteiger partial charge in [0, 0.05) is 23.6 Å². The lowest BCUT2D eigenvalue weighted by Gasteiger charge is -2.49. The van der Waals surface area contributed by atoms with Gasteiger partial charge in [-0.15, -0.1) is 0 Å². The van der Waals surface area contributed by atoms with Crippen LogP contribution in [0.15, 0.2) is 73.1 Å². The molecule has 0 bridgehead atoms. The quantitative estimate of drug-likeness (QED) is 0.292. The van der Waals surface area contributed by atoms with Crippen LogP contribution in [0.1, 0.15) is 68.1 Å². The van der Waals surface area contributed by atoms with Crippen LogP contribution >= 0.6 is 0 Å². The summed E-state index contributed by atoms with van der Waals surface area (Å²) in [5.41, 5.74) is 0.513. The van der Waals surface area contributed by atoms with Crippen LogP contribution in [-0.4, -0.2) is 55.6 Å². The summed E-state index contributed by atoms with van der Waals surface area (Å²) < 4.78 is 13.9. The lowest BCUT2D eigenvalue weighted by molar-refractivity contribution is -0.117. The highest BCUT2D eigenvalue weighted by Gasteiger charge is 2.57. The molecule has 4 atom stereocenters. The van der Waals surface area contributed by atoms with Crippen molar-refractivity contribution >= 4 is 23.6 Å². The van der Waals surface area contributed by atoms with E-state index in [9.17, 15) is 29.0 Å². The number of nitrogens with one attached hydrogen (secondary N) is 2. The van der Waals surface area contributed by atoms with Gasteiger partial charge in [-0.3, -0.25) is 19.5 Å². The van der Waals surface area contributed by atoms with Gasteiger partial charge in [0.1, 0.15) is 18.0 Å². The van der Waals surface area contributed by atoms with Crippen molar-refractivity contribution in [3.63, 3.8) is 0 Å². The molecule has 1 aromatic heterocycles. The van der Waals surface area contributed by atoms with Gasteiger partial charge in [-0.1, -0.05) is 51.1 Å². The molecular weight excluding hydrogens is 539 g/mol. The molecule has 0 unspecified atom stereocenters. The van der Waals surface area contributed by atoms with Gasteiger partial charge in [0.25, 0.3) is 5.91 Å². The Morgan fingerprint density at radius 2 is 1.79 bits per heavy atom. The Morgan fingerprint density at radius 1 is 1.10 bits per heavy atom. The number of amides is 3. The van der Waals surface area contributed by atoms with Crippen molar-refractivity contribution in [1.29, 1.82) is 0 Å². The number of carbonyl (C=O) groups is 3. The smallest absolute Gasteiger partial charge is 0.408 e. The van der Waals surface area contributed by atoms with Crippen LogP contribution < -0.4 is 10.6 Å². The Bertz CT molecular complexity index is 1430. The van der Waals surface area contributed by atoms with Gasteiger partial charge in [-0.2, -0.15) is 0 Å². The molecule has 222 valence electrons. The Hall–Kier alpha value is -4.31. The minimum atomic E-state index is -1.09. The summed E-state index contributed by atoms with van der Waals surface area (Å²) in [5.74, 6) is -1.84. The van der Waals surface area contributed by atoms with E-state index in [1.165, 1.54) is 30.0 Å². The fraction of sp³-hybridized carbons (Fsp3) is 0.375. The van der Waals surface area contributed by atoms with Crippen molar-refractivity contribution in [2.75, 3.05) is 5.32 Å². The first-order valence-corrected chi connectivity index (χ1v) is 13.9. The van der Waals surface area contributed by atoms with Gasteiger partial charge in [-0.05, 0) is 67.5 Å². The summed E-state index contributed by atoms with van der Waals surface area (Å²) in [7, 11) is 0. The average Bonchev–Trinajstić information content (AvgIpc) is 3.35. The maximum absolute atomic E-state index is 13.9. The second kappa shape index (κ2) is 12.3. The van der Waals surface area contributed by atoms with Gasteiger partial charge in [0.15, 0.2) is 0 Å². The van der Waals surface area contributed by atoms with Crippen molar-refractivity contribution in [3.05, 3.63) is 95.6 Å². The number of aromatic nitrogens is 1. The molecule has 42 heavy (non-hydrogen) atoms. The highest BCUT2D eigenvalue weighted by atomic mass is 19.1. The maximum Gasteiger partial charge on any atom is 0.408 e. The first kappa shape index (κ1) is 30.6. The van der Waals surface area contributed by atoms with Gasteiger partial charge in [-0.25, -0.2) is 9.18 Å². The highest BCUT2D eigenvalue weighted by molar-refractivity contribution is 6.01. The zero-order chi connectivity index (χ0) is 30.7. The van der Waals surface area contributed by atoms with E-state index in [1.807, 2.05) is 32.9 Å². The molecule has 9 nitrogen and oxygen atoms in total. The number of aliphatic hydroxyl groups is 1. The third-order valence-corrected chi connectivity index (χ3v) is 8.22. The Labute approximate surface area is 244 Å². The van der Waals surface area contributed by atoms with E-state index < -0.39 is 52.9 Å². The number of hydrogen-bond donors (Lipinski definition) is 4. The molecule has 2 aromatic carbocycles. The van der Waals surface area contributed by atoms with Crippen LogP contribution in [0.2, 0.25) is 0 Å². The lowest BCUT2D eigenvalue weighted by atomic mass is 9.68. The summed E-state index contributed by atoms with van der Waals surface area (Å²) in [5, 5.41) is 26.8. The molecule has 1 saturated heterocycles. The summed E-state index contributed by atoms with van der Waals surface area (Å²) in [6, 6.07) is 14.5. The number of halogens is 1. The molecule has 0 radical (unpaired) electrons. The minimum Gasteiger partial charge on any atom is -0.465 e. The van der Waals surface area contributed by atoms with Crippen molar-refractivity contribution in [1.82, 2.24) is 15.2 Å². The molecular formula is C32H37FN4O5. The van der Waals surface area contributed by atoms with Gasteiger partial charge in [0.2, 0.25) is 5.91 Å². The minimum absolute atomic E-state index is 0.146. The van der Waals surface area contributed by atoms with Gasteiger partial charge < -0.3 is 20.8 Å². The predicted molar refractivity (Wildman–Crippen MR) is 156 cm³/mol. The van der Waals surface area contributed by atoms with E-state index in [1.54, 1.807) is 42.7 Å². The zero-order valence-corrected chi connectivity index (χ0v) is 24.2. The summed E-state index contributed by atoms with van der Waals surface area (Å²) in [6.45, 7) is 7.53. The number of carbonyl (C=O) groups excluding carboxylic acids is 2. The number of benzene rings is 2. The zero-order valence-electron chi connectivity index (χ0n) is 24.2. The topological polar surface area (TPSA) is 132 Å². The first-order chi connectivity index (χ1) is 19.8. The third-order valence-electron chi connectivity index (χ3n) is 8.22. The molecule has 2 heterocycles. The second-order valence-electron chi connectivity index (χ2n) is 11.8. The lowest BCUT2D eigenvalue weighted by Crippen LogP contribution is -2.59. The molecule has 3 aromatic rings. The molecule has 4 N–H and O–H groups in total. The summed E-state index contributed by atoms with van der Waals surface area (Å²) in [6.07, 6.45) is 2.51. The van der Waals surface area contributed by atoms with Crippen LogP contribution in [0.5, 0.6) is 0 Å². The molecule has 0 spiro atoms. The van der Waals surface area contributed by atoms with Crippen LogP contribution in [0.4, 0.5) is 14.9 Å². The summed E-state index contributed by atoms with van der Waals surface area (Å²) in [4.78, 5) is 43.3. The maximum atomic E-state index is 13.9. The van der Waals surface area contributed by atoms with Gasteiger partial charge >= 0.3 is 6.09 Å². The normalized spacial score (nSPS) is 20.0. The van der Waals surface area contributed by atoms with Gasteiger partial charge in [0.05, 0.1) is 17.1 Å². The number of hydrogen-bond acceptors (Lipinski definition) is 5. The molecule has 1 aliphatic rings. The van der Waals surface area contributed by atoms with E-state index in [4.69, 9.17) is 0 Å². The number of nitrogens with zero attached hydrogens (tertiary/aromatic N) is 2. The molecule has 0 aliphatic carbocycles.